The van der Waals surface area contributed by atoms with E-state index in [2.05, 4.69) is 0 Å². The SMILES string of the molecule is Cc1ccc(=O)n(Cc2ccccc2C(=O)O)c1. The van der Waals surface area contributed by atoms with Gasteiger partial charge < -0.3 is 9.67 Å². The van der Waals surface area contributed by atoms with Crippen LogP contribution in [0.3, 0.4) is 0 Å². The first-order chi connectivity index (χ1) is 8.58. The zero-order chi connectivity index (χ0) is 13.1. The number of pyridine rings is 1. The molecule has 0 aliphatic rings. The highest BCUT2D eigenvalue weighted by atomic mass is 16.4. The van der Waals surface area contributed by atoms with Gasteiger partial charge in [-0.1, -0.05) is 24.3 Å². The molecule has 1 heterocycles. The highest BCUT2D eigenvalue weighted by Gasteiger charge is 2.09. The third-order valence-corrected chi connectivity index (χ3v) is 2.72. The third-order valence-electron chi connectivity index (χ3n) is 2.72. The van der Waals surface area contributed by atoms with Gasteiger partial charge in [-0.15, -0.1) is 0 Å². The van der Waals surface area contributed by atoms with Gasteiger partial charge in [0.25, 0.3) is 5.56 Å². The maximum atomic E-state index is 11.7. The van der Waals surface area contributed by atoms with Gasteiger partial charge in [0, 0.05) is 12.3 Å². The molecule has 2 aromatic rings. The molecular formula is C14H13NO3. The number of aromatic carboxylic acids is 1. The number of carboxylic acids is 1. The normalized spacial score (nSPS) is 10.3. The van der Waals surface area contributed by atoms with Crippen molar-refractivity contribution in [3.05, 3.63) is 69.6 Å². The zero-order valence-corrected chi connectivity index (χ0v) is 9.96. The van der Waals surface area contributed by atoms with E-state index in [1.165, 1.54) is 10.6 Å². The highest BCUT2D eigenvalue weighted by molar-refractivity contribution is 5.89. The minimum absolute atomic E-state index is 0.138. The fraction of sp³-hybridized carbons (Fsp3) is 0.143. The summed E-state index contributed by atoms with van der Waals surface area (Å²) in [4.78, 5) is 22.7. The van der Waals surface area contributed by atoms with E-state index in [9.17, 15) is 9.59 Å². The number of nitrogens with zero attached hydrogens (tertiary/aromatic N) is 1. The lowest BCUT2D eigenvalue weighted by atomic mass is 10.1. The van der Waals surface area contributed by atoms with Crippen molar-refractivity contribution in [3.8, 4) is 0 Å². The maximum absolute atomic E-state index is 11.7. The molecule has 0 bridgehead atoms. The van der Waals surface area contributed by atoms with E-state index in [4.69, 9.17) is 5.11 Å². The van der Waals surface area contributed by atoms with Gasteiger partial charge in [0.1, 0.15) is 0 Å². The largest absolute Gasteiger partial charge is 0.478 e. The molecule has 4 nitrogen and oxygen atoms in total. The van der Waals surface area contributed by atoms with Crippen LogP contribution in [0.15, 0.2) is 47.4 Å². The fourth-order valence-electron chi connectivity index (χ4n) is 1.82. The summed E-state index contributed by atoms with van der Waals surface area (Å²) >= 11 is 0. The third kappa shape index (κ3) is 2.48. The number of hydrogen-bond donors (Lipinski definition) is 1. The van der Waals surface area contributed by atoms with E-state index >= 15 is 0 Å². The van der Waals surface area contributed by atoms with Crippen LogP contribution in [0, 0.1) is 6.92 Å². The molecule has 0 unspecified atom stereocenters. The van der Waals surface area contributed by atoms with Crippen molar-refractivity contribution < 1.29 is 9.90 Å². The molecule has 0 radical (unpaired) electrons. The maximum Gasteiger partial charge on any atom is 0.336 e. The van der Waals surface area contributed by atoms with Crippen LogP contribution in [0.1, 0.15) is 21.5 Å². The van der Waals surface area contributed by atoms with Gasteiger partial charge in [-0.2, -0.15) is 0 Å². The van der Waals surface area contributed by atoms with Gasteiger partial charge in [0.05, 0.1) is 12.1 Å². The Kier molecular flexibility index (Phi) is 3.28. The predicted molar refractivity (Wildman–Crippen MR) is 67.9 cm³/mol. The number of aryl methyl sites for hydroxylation is 1. The first-order valence-corrected chi connectivity index (χ1v) is 5.56. The Hall–Kier alpha value is -2.36. The van der Waals surface area contributed by atoms with Crippen molar-refractivity contribution in [2.75, 3.05) is 0 Å². The molecule has 0 fully saturated rings. The van der Waals surface area contributed by atoms with Crippen molar-refractivity contribution in [2.45, 2.75) is 13.5 Å². The fourth-order valence-corrected chi connectivity index (χ4v) is 1.82. The second-order valence-electron chi connectivity index (χ2n) is 4.13. The molecular weight excluding hydrogens is 230 g/mol. The second-order valence-corrected chi connectivity index (χ2v) is 4.13. The molecule has 0 atom stereocenters. The smallest absolute Gasteiger partial charge is 0.336 e. The number of hydrogen-bond acceptors (Lipinski definition) is 2. The van der Waals surface area contributed by atoms with Crippen molar-refractivity contribution >= 4 is 5.97 Å². The molecule has 0 saturated carbocycles. The lowest BCUT2D eigenvalue weighted by Crippen LogP contribution is -2.20. The summed E-state index contributed by atoms with van der Waals surface area (Å²) in [6.07, 6.45) is 1.72. The molecule has 0 aliphatic carbocycles. The first kappa shape index (κ1) is 12.1. The summed E-state index contributed by atoms with van der Waals surface area (Å²) in [5, 5.41) is 9.08. The number of rotatable bonds is 3. The molecule has 0 saturated heterocycles. The van der Waals surface area contributed by atoms with Gasteiger partial charge in [-0.25, -0.2) is 4.79 Å². The lowest BCUT2D eigenvalue weighted by Gasteiger charge is -2.09. The average Bonchev–Trinajstić information content (AvgIpc) is 2.34. The van der Waals surface area contributed by atoms with Crippen LogP contribution in [0.25, 0.3) is 0 Å². The van der Waals surface area contributed by atoms with Crippen LogP contribution < -0.4 is 5.56 Å². The quantitative estimate of drug-likeness (QED) is 0.895. The van der Waals surface area contributed by atoms with Gasteiger partial charge in [0.15, 0.2) is 0 Å². The number of carboxylic acid groups (broad SMARTS) is 1. The van der Waals surface area contributed by atoms with E-state index in [1.54, 1.807) is 36.5 Å². The Morgan fingerprint density at radius 1 is 1.22 bits per heavy atom. The summed E-state index contributed by atoms with van der Waals surface area (Å²) in [6, 6.07) is 9.92. The van der Waals surface area contributed by atoms with Crippen molar-refractivity contribution in [1.29, 1.82) is 0 Å². The zero-order valence-electron chi connectivity index (χ0n) is 9.96. The predicted octanol–water partition coefficient (Wildman–Crippen LogP) is 1.90. The lowest BCUT2D eigenvalue weighted by molar-refractivity contribution is 0.0695. The first-order valence-electron chi connectivity index (χ1n) is 5.56. The Labute approximate surface area is 104 Å². The molecule has 0 amide bonds. The summed E-state index contributed by atoms with van der Waals surface area (Å²) in [5.41, 5.74) is 1.67. The molecule has 2 rings (SSSR count). The van der Waals surface area contributed by atoms with Crippen LogP contribution in [-0.2, 0) is 6.54 Å². The summed E-state index contributed by atoms with van der Waals surface area (Å²) < 4.78 is 1.51. The Morgan fingerprint density at radius 3 is 2.67 bits per heavy atom. The number of aromatic nitrogens is 1. The van der Waals surface area contributed by atoms with Crippen molar-refractivity contribution in [1.82, 2.24) is 4.57 Å². The van der Waals surface area contributed by atoms with E-state index < -0.39 is 5.97 Å². The topological polar surface area (TPSA) is 59.3 Å². The molecule has 92 valence electrons. The van der Waals surface area contributed by atoms with E-state index in [0.29, 0.717) is 5.56 Å². The van der Waals surface area contributed by atoms with Gasteiger partial charge in [-0.3, -0.25) is 4.79 Å². The Bertz CT molecular complexity index is 643. The van der Waals surface area contributed by atoms with Crippen molar-refractivity contribution in [2.24, 2.45) is 0 Å². The molecule has 1 aromatic carbocycles. The monoisotopic (exact) mass is 243 g/mol. The van der Waals surface area contributed by atoms with Crippen LogP contribution in [0.4, 0.5) is 0 Å². The average molecular weight is 243 g/mol. The molecule has 18 heavy (non-hydrogen) atoms. The van der Waals surface area contributed by atoms with Crippen LogP contribution in [0.5, 0.6) is 0 Å². The van der Waals surface area contributed by atoms with Gasteiger partial charge in [-0.05, 0) is 24.1 Å². The Balaban J connectivity index is 2.43. The molecule has 1 aromatic heterocycles. The molecule has 0 aliphatic heterocycles. The second kappa shape index (κ2) is 4.87. The molecule has 0 spiro atoms. The molecule has 4 heteroatoms. The van der Waals surface area contributed by atoms with Crippen LogP contribution >= 0.6 is 0 Å². The van der Waals surface area contributed by atoms with E-state index in [-0.39, 0.29) is 17.7 Å². The number of benzene rings is 1. The van der Waals surface area contributed by atoms with Crippen LogP contribution in [0.2, 0.25) is 0 Å². The standard InChI is InChI=1S/C14H13NO3/c1-10-6-7-13(16)15(8-10)9-11-4-2-3-5-12(11)14(17)18/h2-8H,9H2,1H3,(H,17,18). The minimum atomic E-state index is -0.980. The summed E-state index contributed by atoms with van der Waals surface area (Å²) in [6.45, 7) is 2.15. The minimum Gasteiger partial charge on any atom is -0.478 e. The van der Waals surface area contributed by atoms with Gasteiger partial charge >= 0.3 is 5.97 Å². The summed E-state index contributed by atoms with van der Waals surface area (Å²) in [7, 11) is 0. The van der Waals surface area contributed by atoms with Gasteiger partial charge in [0.2, 0.25) is 0 Å². The number of carbonyl (C=O) groups is 1. The van der Waals surface area contributed by atoms with E-state index in [1.807, 2.05) is 6.92 Å². The Morgan fingerprint density at radius 2 is 1.94 bits per heavy atom. The summed E-state index contributed by atoms with van der Waals surface area (Å²) in [5.74, 6) is -0.980. The van der Waals surface area contributed by atoms with E-state index in [0.717, 1.165) is 5.56 Å². The highest BCUT2D eigenvalue weighted by Crippen LogP contribution is 2.10. The molecule has 1 N–H and O–H groups in total. The van der Waals surface area contributed by atoms with Crippen LogP contribution in [-0.4, -0.2) is 15.6 Å². The van der Waals surface area contributed by atoms with Crippen molar-refractivity contribution in [3.63, 3.8) is 0 Å².